The van der Waals surface area contributed by atoms with Crippen molar-refractivity contribution in [2.45, 2.75) is 18.4 Å². The quantitative estimate of drug-likeness (QED) is 0.356. The summed E-state index contributed by atoms with van der Waals surface area (Å²) in [4.78, 5) is 1.50. The van der Waals surface area contributed by atoms with Crippen LogP contribution in [-0.2, 0) is 0 Å². The molecular weight excluding hydrogens is 122 g/mol. The van der Waals surface area contributed by atoms with Crippen LogP contribution in [0.4, 0.5) is 0 Å². The molecule has 1 aliphatic heterocycles. The molecule has 3 atom stereocenters. The smallest absolute Gasteiger partial charge is 0.136 e. The number of likely N-dealkylation sites (tertiary alicyclic amines) is 1. The zero-order chi connectivity index (χ0) is 7.02. The molecule has 0 aromatic heterocycles. The number of hydrogen-bond donors (Lipinski definition) is 3. The summed E-state index contributed by atoms with van der Waals surface area (Å²) < 4.78 is 0. The molecule has 1 saturated heterocycles. The summed E-state index contributed by atoms with van der Waals surface area (Å²) in [6, 6.07) is 0. The predicted molar refractivity (Wildman–Crippen MR) is 30.7 cm³/mol. The molecule has 0 aromatic rings. The lowest BCUT2D eigenvalue weighted by molar-refractivity contribution is -0.0482. The molecule has 3 N–H and O–H groups in total. The van der Waals surface area contributed by atoms with E-state index in [1.165, 1.54) is 4.90 Å². The monoisotopic (exact) mass is 133 g/mol. The van der Waals surface area contributed by atoms with Gasteiger partial charge in [0.15, 0.2) is 0 Å². The first-order chi connectivity index (χ1) is 4.13. The van der Waals surface area contributed by atoms with Crippen molar-refractivity contribution in [2.24, 2.45) is 0 Å². The van der Waals surface area contributed by atoms with Crippen LogP contribution in [0.3, 0.4) is 0 Å². The van der Waals surface area contributed by atoms with Gasteiger partial charge in [0.25, 0.3) is 0 Å². The van der Waals surface area contributed by atoms with E-state index in [0.717, 1.165) is 0 Å². The number of hydrogen-bond acceptors (Lipinski definition) is 4. The Kier molecular flexibility index (Phi) is 1.72. The molecule has 0 radical (unpaired) electrons. The van der Waals surface area contributed by atoms with Crippen LogP contribution < -0.4 is 0 Å². The molecule has 0 aromatic carbocycles. The fourth-order valence-electron chi connectivity index (χ4n) is 0.970. The summed E-state index contributed by atoms with van der Waals surface area (Å²) in [6.07, 6.45) is -2.71. The number of aliphatic hydroxyl groups is 3. The van der Waals surface area contributed by atoms with E-state index >= 15 is 0 Å². The molecule has 0 aliphatic carbocycles. The normalized spacial score (nSPS) is 46.0. The largest absolute Gasteiger partial charge is 0.389 e. The van der Waals surface area contributed by atoms with Gasteiger partial charge in [-0.05, 0) is 7.05 Å². The highest BCUT2D eigenvalue weighted by Gasteiger charge is 2.35. The van der Waals surface area contributed by atoms with Gasteiger partial charge in [-0.25, -0.2) is 0 Å². The van der Waals surface area contributed by atoms with Crippen LogP contribution in [0, 0.1) is 0 Å². The van der Waals surface area contributed by atoms with Gasteiger partial charge in [-0.1, -0.05) is 0 Å². The molecule has 0 spiro atoms. The maximum absolute atomic E-state index is 8.95. The molecule has 0 unspecified atom stereocenters. The van der Waals surface area contributed by atoms with Gasteiger partial charge in [0.2, 0.25) is 0 Å². The maximum Gasteiger partial charge on any atom is 0.136 e. The van der Waals surface area contributed by atoms with Crippen LogP contribution in [0.1, 0.15) is 0 Å². The Hall–Kier alpha value is -0.160. The first-order valence-corrected chi connectivity index (χ1v) is 2.87. The van der Waals surface area contributed by atoms with Crippen LogP contribution >= 0.6 is 0 Å². The molecular formula is C5H11NO3. The molecule has 0 amide bonds. The van der Waals surface area contributed by atoms with Crippen LogP contribution in [0.2, 0.25) is 0 Å². The highest BCUT2D eigenvalue weighted by atomic mass is 16.4. The summed E-state index contributed by atoms with van der Waals surface area (Å²) in [6.45, 7) is 0.336. The third-order valence-corrected chi connectivity index (χ3v) is 1.63. The van der Waals surface area contributed by atoms with Crippen molar-refractivity contribution in [3.05, 3.63) is 0 Å². The third kappa shape index (κ3) is 1.07. The summed E-state index contributed by atoms with van der Waals surface area (Å²) >= 11 is 0. The predicted octanol–water partition coefficient (Wildman–Crippen LogP) is -2.03. The van der Waals surface area contributed by atoms with E-state index in [9.17, 15) is 0 Å². The summed E-state index contributed by atoms with van der Waals surface area (Å²) in [5.41, 5.74) is 0. The van der Waals surface area contributed by atoms with E-state index in [-0.39, 0.29) is 0 Å². The molecule has 1 heterocycles. The molecule has 54 valence electrons. The van der Waals surface area contributed by atoms with E-state index in [4.69, 9.17) is 15.3 Å². The van der Waals surface area contributed by atoms with Crippen LogP contribution in [0.5, 0.6) is 0 Å². The van der Waals surface area contributed by atoms with E-state index in [2.05, 4.69) is 0 Å². The van der Waals surface area contributed by atoms with E-state index < -0.39 is 18.4 Å². The van der Waals surface area contributed by atoms with Crippen molar-refractivity contribution in [1.82, 2.24) is 4.90 Å². The number of rotatable bonds is 0. The fourth-order valence-corrected chi connectivity index (χ4v) is 0.970. The van der Waals surface area contributed by atoms with Crippen LogP contribution in [0.25, 0.3) is 0 Å². The number of aliphatic hydroxyl groups excluding tert-OH is 3. The Morgan fingerprint density at radius 1 is 1.33 bits per heavy atom. The number of likely N-dealkylation sites (N-methyl/N-ethyl adjacent to an activating group) is 1. The summed E-state index contributed by atoms with van der Waals surface area (Å²) in [5, 5.41) is 26.7. The summed E-state index contributed by atoms with van der Waals surface area (Å²) in [5.74, 6) is 0. The fraction of sp³-hybridized carbons (Fsp3) is 1.00. The topological polar surface area (TPSA) is 63.9 Å². The average Bonchev–Trinajstić information content (AvgIpc) is 1.98. The molecule has 4 nitrogen and oxygen atoms in total. The van der Waals surface area contributed by atoms with Crippen LogP contribution in [0.15, 0.2) is 0 Å². The van der Waals surface area contributed by atoms with E-state index in [0.29, 0.717) is 6.54 Å². The van der Waals surface area contributed by atoms with E-state index in [1.54, 1.807) is 7.05 Å². The van der Waals surface area contributed by atoms with Gasteiger partial charge < -0.3 is 15.3 Å². The van der Waals surface area contributed by atoms with Crippen LogP contribution in [-0.4, -0.2) is 52.2 Å². The SMILES string of the molecule is CN1C[C@@H](O)[C@@H](O)[C@H]1O. The van der Waals surface area contributed by atoms with Crippen molar-refractivity contribution in [1.29, 1.82) is 0 Å². The van der Waals surface area contributed by atoms with Crippen molar-refractivity contribution >= 4 is 0 Å². The Labute approximate surface area is 53.3 Å². The Morgan fingerprint density at radius 2 is 1.89 bits per heavy atom. The van der Waals surface area contributed by atoms with Crippen molar-refractivity contribution in [3.63, 3.8) is 0 Å². The third-order valence-electron chi connectivity index (χ3n) is 1.63. The van der Waals surface area contributed by atoms with Crippen molar-refractivity contribution < 1.29 is 15.3 Å². The van der Waals surface area contributed by atoms with Gasteiger partial charge in [0.05, 0.1) is 6.10 Å². The summed E-state index contributed by atoms with van der Waals surface area (Å²) in [7, 11) is 1.64. The van der Waals surface area contributed by atoms with Gasteiger partial charge in [0, 0.05) is 6.54 Å². The first-order valence-electron chi connectivity index (χ1n) is 2.87. The maximum atomic E-state index is 8.95. The molecule has 0 bridgehead atoms. The number of β-amino-alcohol motifs (C(OH)–C–C–N with tert-alkyl or cyclic N) is 1. The van der Waals surface area contributed by atoms with Gasteiger partial charge in [-0.15, -0.1) is 0 Å². The second-order valence-corrected chi connectivity index (χ2v) is 2.41. The Bertz CT molecular complexity index is 96.4. The minimum Gasteiger partial charge on any atom is -0.389 e. The molecule has 9 heavy (non-hydrogen) atoms. The molecule has 1 rings (SSSR count). The lowest BCUT2D eigenvalue weighted by atomic mass is 10.2. The Morgan fingerprint density at radius 3 is 2.00 bits per heavy atom. The highest BCUT2D eigenvalue weighted by Crippen LogP contribution is 2.13. The van der Waals surface area contributed by atoms with Gasteiger partial charge in [-0.2, -0.15) is 0 Å². The first kappa shape index (κ1) is 6.95. The van der Waals surface area contributed by atoms with Crippen molar-refractivity contribution in [2.75, 3.05) is 13.6 Å². The number of nitrogens with zero attached hydrogens (tertiary/aromatic N) is 1. The second-order valence-electron chi connectivity index (χ2n) is 2.41. The molecule has 0 saturated carbocycles. The standard InChI is InChI=1S/C5H11NO3/c1-6-2-3(7)4(8)5(6)9/h3-5,7-9H,2H2,1H3/t3-,4-,5-/m1/s1. The van der Waals surface area contributed by atoms with Crippen molar-refractivity contribution in [3.8, 4) is 0 Å². The zero-order valence-corrected chi connectivity index (χ0v) is 5.23. The second kappa shape index (κ2) is 2.22. The van der Waals surface area contributed by atoms with E-state index in [1.807, 2.05) is 0 Å². The molecule has 1 aliphatic rings. The van der Waals surface area contributed by atoms with Gasteiger partial charge >= 0.3 is 0 Å². The lowest BCUT2D eigenvalue weighted by Crippen LogP contribution is -2.33. The lowest BCUT2D eigenvalue weighted by Gasteiger charge is -2.13. The van der Waals surface area contributed by atoms with Gasteiger partial charge in [0.1, 0.15) is 12.3 Å². The highest BCUT2D eigenvalue weighted by molar-refractivity contribution is 4.84. The average molecular weight is 133 g/mol. The minimum absolute atomic E-state index is 0.336. The Balaban J connectivity index is 2.54. The van der Waals surface area contributed by atoms with Gasteiger partial charge in [-0.3, -0.25) is 4.90 Å². The minimum atomic E-state index is -1.00. The zero-order valence-electron chi connectivity index (χ0n) is 5.23. The molecule has 1 fully saturated rings. The molecule has 4 heteroatoms.